The van der Waals surface area contributed by atoms with Gasteiger partial charge >= 0.3 is 0 Å². The fourth-order valence-electron chi connectivity index (χ4n) is 2.40. The van der Waals surface area contributed by atoms with Crippen molar-refractivity contribution in [1.82, 2.24) is 20.6 Å². The average Bonchev–Trinajstić information content (AvgIpc) is 2.39. The molecule has 5 heteroatoms. The number of hydrogen-bond acceptors (Lipinski definition) is 5. The van der Waals surface area contributed by atoms with E-state index in [4.69, 9.17) is 0 Å². The molecule has 1 saturated heterocycles. The Morgan fingerprint density at radius 2 is 1.94 bits per heavy atom. The maximum atomic E-state index is 4.46. The lowest BCUT2D eigenvalue weighted by Gasteiger charge is -2.31. The van der Waals surface area contributed by atoms with Crippen LogP contribution in [0.1, 0.15) is 11.3 Å². The SMILES string of the molecule is c1nc2c(c(N3CCNCC3)n1)CNCC2. The molecule has 3 rings (SSSR count). The molecule has 0 aromatic carbocycles. The predicted molar refractivity (Wildman–Crippen MR) is 62.5 cm³/mol. The van der Waals surface area contributed by atoms with Crippen molar-refractivity contribution in [2.24, 2.45) is 0 Å². The van der Waals surface area contributed by atoms with E-state index in [0.29, 0.717) is 0 Å². The van der Waals surface area contributed by atoms with Crippen LogP contribution in [0.4, 0.5) is 5.82 Å². The molecule has 0 amide bonds. The van der Waals surface area contributed by atoms with Gasteiger partial charge in [0.1, 0.15) is 12.1 Å². The van der Waals surface area contributed by atoms with Gasteiger partial charge in [-0.05, 0) is 0 Å². The van der Waals surface area contributed by atoms with Crippen molar-refractivity contribution in [3.63, 3.8) is 0 Å². The van der Waals surface area contributed by atoms with Gasteiger partial charge in [-0.2, -0.15) is 0 Å². The van der Waals surface area contributed by atoms with Gasteiger partial charge in [0, 0.05) is 51.3 Å². The van der Waals surface area contributed by atoms with Crippen LogP contribution in [-0.4, -0.2) is 42.7 Å². The van der Waals surface area contributed by atoms with Gasteiger partial charge in [-0.25, -0.2) is 9.97 Å². The van der Waals surface area contributed by atoms with Gasteiger partial charge in [-0.15, -0.1) is 0 Å². The van der Waals surface area contributed by atoms with Crippen LogP contribution in [0.3, 0.4) is 0 Å². The number of anilines is 1. The van der Waals surface area contributed by atoms with Crippen LogP contribution in [0.15, 0.2) is 6.33 Å². The Morgan fingerprint density at radius 3 is 2.81 bits per heavy atom. The number of aromatic nitrogens is 2. The van der Waals surface area contributed by atoms with E-state index in [0.717, 1.165) is 51.5 Å². The third-order valence-corrected chi connectivity index (χ3v) is 3.27. The quantitative estimate of drug-likeness (QED) is 0.669. The van der Waals surface area contributed by atoms with E-state index >= 15 is 0 Å². The van der Waals surface area contributed by atoms with E-state index in [9.17, 15) is 0 Å². The van der Waals surface area contributed by atoms with Crippen LogP contribution in [0.2, 0.25) is 0 Å². The summed E-state index contributed by atoms with van der Waals surface area (Å²) < 4.78 is 0. The van der Waals surface area contributed by atoms with Gasteiger partial charge in [0.2, 0.25) is 0 Å². The molecule has 0 spiro atoms. The highest BCUT2D eigenvalue weighted by atomic mass is 15.2. The molecule has 0 radical (unpaired) electrons. The van der Waals surface area contributed by atoms with Crippen molar-refractivity contribution in [3.8, 4) is 0 Å². The van der Waals surface area contributed by atoms with Crippen LogP contribution in [-0.2, 0) is 13.0 Å². The zero-order chi connectivity index (χ0) is 10.8. The van der Waals surface area contributed by atoms with Gasteiger partial charge in [0.25, 0.3) is 0 Å². The number of piperazine rings is 1. The molecular weight excluding hydrogens is 202 g/mol. The highest BCUT2D eigenvalue weighted by Crippen LogP contribution is 2.22. The molecule has 2 aliphatic heterocycles. The van der Waals surface area contributed by atoms with Crippen molar-refractivity contribution < 1.29 is 0 Å². The Kier molecular flexibility index (Phi) is 2.71. The second kappa shape index (κ2) is 4.35. The highest BCUT2D eigenvalue weighted by Gasteiger charge is 2.20. The first-order valence-corrected chi connectivity index (χ1v) is 5.94. The molecule has 0 bridgehead atoms. The van der Waals surface area contributed by atoms with E-state index in [2.05, 4.69) is 25.5 Å². The zero-order valence-corrected chi connectivity index (χ0v) is 9.37. The molecule has 0 unspecified atom stereocenters. The molecule has 0 aliphatic carbocycles. The van der Waals surface area contributed by atoms with Gasteiger partial charge in [0.05, 0.1) is 5.69 Å². The second-order valence-electron chi connectivity index (χ2n) is 4.29. The summed E-state index contributed by atoms with van der Waals surface area (Å²) in [6.07, 6.45) is 2.73. The number of rotatable bonds is 1. The first-order chi connectivity index (χ1) is 7.95. The molecule has 1 aromatic rings. The number of nitrogens with zero attached hydrogens (tertiary/aromatic N) is 3. The Balaban J connectivity index is 1.93. The van der Waals surface area contributed by atoms with Crippen molar-refractivity contribution in [2.75, 3.05) is 37.6 Å². The lowest BCUT2D eigenvalue weighted by Crippen LogP contribution is -2.45. The van der Waals surface area contributed by atoms with Gasteiger partial charge in [0.15, 0.2) is 0 Å². The number of hydrogen-bond donors (Lipinski definition) is 2. The van der Waals surface area contributed by atoms with Crippen molar-refractivity contribution in [3.05, 3.63) is 17.6 Å². The molecule has 0 saturated carbocycles. The third-order valence-electron chi connectivity index (χ3n) is 3.27. The largest absolute Gasteiger partial charge is 0.354 e. The molecule has 5 nitrogen and oxygen atoms in total. The Morgan fingerprint density at radius 1 is 1.06 bits per heavy atom. The van der Waals surface area contributed by atoms with E-state index < -0.39 is 0 Å². The number of nitrogens with one attached hydrogen (secondary N) is 2. The van der Waals surface area contributed by atoms with Gasteiger partial charge in [-0.3, -0.25) is 0 Å². The van der Waals surface area contributed by atoms with Crippen molar-refractivity contribution >= 4 is 5.82 Å². The Labute approximate surface area is 95.3 Å². The van der Waals surface area contributed by atoms with E-state index in [1.165, 1.54) is 11.3 Å². The Bertz CT molecular complexity index is 373. The molecule has 1 aromatic heterocycles. The molecule has 86 valence electrons. The Hall–Kier alpha value is -1.20. The highest BCUT2D eigenvalue weighted by molar-refractivity contribution is 5.49. The topological polar surface area (TPSA) is 53.1 Å². The molecule has 2 aliphatic rings. The lowest BCUT2D eigenvalue weighted by atomic mass is 10.1. The molecule has 1 fully saturated rings. The lowest BCUT2D eigenvalue weighted by molar-refractivity contribution is 0.571. The van der Waals surface area contributed by atoms with Crippen LogP contribution in [0.25, 0.3) is 0 Å². The first-order valence-electron chi connectivity index (χ1n) is 5.94. The average molecular weight is 219 g/mol. The molecular formula is C11H17N5. The first kappa shape index (κ1) is 9.99. The van der Waals surface area contributed by atoms with Gasteiger partial charge < -0.3 is 15.5 Å². The minimum absolute atomic E-state index is 0.912. The molecule has 2 N–H and O–H groups in total. The summed E-state index contributed by atoms with van der Waals surface area (Å²) in [7, 11) is 0. The summed E-state index contributed by atoms with van der Waals surface area (Å²) in [6, 6.07) is 0. The van der Waals surface area contributed by atoms with Crippen molar-refractivity contribution in [1.29, 1.82) is 0 Å². The van der Waals surface area contributed by atoms with Crippen LogP contribution in [0.5, 0.6) is 0 Å². The smallest absolute Gasteiger partial charge is 0.136 e. The van der Waals surface area contributed by atoms with Crippen molar-refractivity contribution in [2.45, 2.75) is 13.0 Å². The van der Waals surface area contributed by atoms with Crippen LogP contribution >= 0.6 is 0 Å². The summed E-state index contributed by atoms with van der Waals surface area (Å²) in [5.41, 5.74) is 2.53. The normalized spacial score (nSPS) is 20.6. The summed E-state index contributed by atoms with van der Waals surface area (Å²) in [6.45, 7) is 6.13. The summed E-state index contributed by atoms with van der Waals surface area (Å²) in [5.74, 6) is 1.14. The minimum atomic E-state index is 0.912. The molecule has 16 heavy (non-hydrogen) atoms. The van der Waals surface area contributed by atoms with E-state index in [1.807, 2.05) is 0 Å². The van der Waals surface area contributed by atoms with Crippen LogP contribution < -0.4 is 15.5 Å². The predicted octanol–water partition coefficient (Wildman–Crippen LogP) is -0.468. The second-order valence-corrected chi connectivity index (χ2v) is 4.29. The fraction of sp³-hybridized carbons (Fsp3) is 0.636. The van der Waals surface area contributed by atoms with Gasteiger partial charge in [-0.1, -0.05) is 0 Å². The zero-order valence-electron chi connectivity index (χ0n) is 9.37. The summed E-state index contributed by atoms with van der Waals surface area (Å²) in [5, 5.41) is 6.76. The maximum absolute atomic E-state index is 4.46. The standard InChI is InChI=1S/C11H17N5/c1-2-13-7-9-10(1)14-8-15-11(9)16-5-3-12-4-6-16/h8,12-13H,1-7H2. The minimum Gasteiger partial charge on any atom is -0.354 e. The third kappa shape index (κ3) is 1.76. The van der Waals surface area contributed by atoms with E-state index in [-0.39, 0.29) is 0 Å². The molecule has 0 atom stereocenters. The fourth-order valence-corrected chi connectivity index (χ4v) is 2.40. The monoisotopic (exact) mass is 219 g/mol. The summed E-state index contributed by atoms with van der Waals surface area (Å²) >= 11 is 0. The summed E-state index contributed by atoms with van der Waals surface area (Å²) in [4.78, 5) is 11.2. The van der Waals surface area contributed by atoms with E-state index in [1.54, 1.807) is 6.33 Å². The maximum Gasteiger partial charge on any atom is 0.136 e. The van der Waals surface area contributed by atoms with Crippen LogP contribution in [0, 0.1) is 0 Å². The molecule has 3 heterocycles. The number of fused-ring (bicyclic) bond motifs is 1.